The number of carbonyl (C=O) groups is 2. The van der Waals surface area contributed by atoms with Gasteiger partial charge < -0.3 is 15.5 Å². The number of halogens is 1. The molecule has 1 aromatic carbocycles. The summed E-state index contributed by atoms with van der Waals surface area (Å²) in [6.45, 7) is 0.474. The maximum Gasteiger partial charge on any atom is 0.341 e. The van der Waals surface area contributed by atoms with E-state index in [4.69, 9.17) is 10.8 Å². The van der Waals surface area contributed by atoms with Crippen LogP contribution < -0.4 is 15.0 Å². The summed E-state index contributed by atoms with van der Waals surface area (Å²) in [7, 11) is 0. The Kier molecular flexibility index (Phi) is 4.91. The van der Waals surface area contributed by atoms with Crippen LogP contribution in [0.2, 0.25) is 0 Å². The van der Waals surface area contributed by atoms with Crippen LogP contribution in [0.5, 0.6) is 0 Å². The van der Waals surface area contributed by atoms with E-state index in [1.807, 2.05) is 6.07 Å². The molecular formula is C14H13FN2O3. The van der Waals surface area contributed by atoms with Crippen molar-refractivity contribution in [1.29, 1.82) is 0 Å². The highest BCUT2D eigenvalue weighted by Crippen LogP contribution is 2.04. The molecule has 5 nitrogen and oxygen atoms in total. The van der Waals surface area contributed by atoms with Crippen molar-refractivity contribution in [1.82, 2.24) is 0 Å². The van der Waals surface area contributed by atoms with Crippen LogP contribution in [-0.4, -0.2) is 17.0 Å². The normalized spacial score (nSPS) is 9.60. The van der Waals surface area contributed by atoms with Crippen LogP contribution in [0.25, 0.3) is 0 Å². The molecule has 0 saturated heterocycles. The fourth-order valence-electron chi connectivity index (χ4n) is 1.78. The van der Waals surface area contributed by atoms with Crippen molar-refractivity contribution in [2.75, 3.05) is 0 Å². The molecule has 0 spiro atoms. The summed E-state index contributed by atoms with van der Waals surface area (Å²) in [6, 6.07) is 10.1. The highest BCUT2D eigenvalue weighted by Gasteiger charge is 2.10. The predicted octanol–water partition coefficient (Wildman–Crippen LogP) is -2.18. The zero-order valence-corrected chi connectivity index (χ0v) is 10.5. The van der Waals surface area contributed by atoms with E-state index in [0.717, 1.165) is 5.56 Å². The number of benzene rings is 1. The fraction of sp³-hybridized carbons (Fsp3) is 0.0714. The molecule has 20 heavy (non-hydrogen) atoms. The van der Waals surface area contributed by atoms with E-state index in [1.165, 1.54) is 6.07 Å². The monoisotopic (exact) mass is 276 g/mol. The lowest BCUT2D eigenvalue weighted by Crippen LogP contribution is -3.00. The maximum absolute atomic E-state index is 11.1. The molecule has 0 atom stereocenters. The number of rotatable bonds is 4. The van der Waals surface area contributed by atoms with Gasteiger partial charge in [0.2, 0.25) is 5.91 Å². The molecular weight excluding hydrogens is 263 g/mol. The van der Waals surface area contributed by atoms with E-state index in [9.17, 15) is 9.59 Å². The number of primary amides is 1. The molecule has 0 fully saturated rings. The third-order valence-electron chi connectivity index (χ3n) is 2.68. The Morgan fingerprint density at radius 2 is 1.85 bits per heavy atom. The van der Waals surface area contributed by atoms with E-state index in [2.05, 4.69) is 0 Å². The lowest BCUT2D eigenvalue weighted by Gasteiger charge is -2.01. The van der Waals surface area contributed by atoms with Gasteiger partial charge in [-0.15, -0.1) is 0 Å². The third-order valence-corrected chi connectivity index (χ3v) is 2.68. The second-order valence-corrected chi connectivity index (χ2v) is 4.13. The van der Waals surface area contributed by atoms with E-state index < -0.39 is 11.9 Å². The van der Waals surface area contributed by atoms with Gasteiger partial charge in [-0.1, -0.05) is 12.1 Å². The molecule has 0 radical (unpaired) electrons. The average Bonchev–Trinajstić information content (AvgIpc) is 2.39. The van der Waals surface area contributed by atoms with Crippen molar-refractivity contribution in [2.45, 2.75) is 6.54 Å². The number of hydrogen-bond donors (Lipinski definition) is 2. The van der Waals surface area contributed by atoms with Gasteiger partial charge in [-0.25, -0.2) is 4.79 Å². The number of carboxylic acid groups (broad SMARTS) is 1. The van der Waals surface area contributed by atoms with Gasteiger partial charge in [0.25, 0.3) is 0 Å². The molecule has 0 bridgehead atoms. The van der Waals surface area contributed by atoms with E-state index >= 15 is 0 Å². The second kappa shape index (κ2) is 6.42. The highest BCUT2D eigenvalue weighted by atomic mass is 19.0. The summed E-state index contributed by atoms with van der Waals surface area (Å²) in [5.41, 5.74) is 6.75. The minimum atomic E-state index is -0.972. The highest BCUT2D eigenvalue weighted by molar-refractivity contribution is 5.92. The molecule has 1 aromatic heterocycles. The summed E-state index contributed by atoms with van der Waals surface area (Å²) in [5.74, 6) is -1.45. The van der Waals surface area contributed by atoms with Gasteiger partial charge in [0, 0.05) is 17.2 Å². The maximum atomic E-state index is 11.1. The lowest BCUT2D eigenvalue weighted by atomic mass is 10.1. The number of aromatic carboxylic acids is 1. The molecule has 0 aliphatic carbocycles. The molecule has 0 aliphatic rings. The van der Waals surface area contributed by atoms with Gasteiger partial charge in [-0.05, 0) is 18.2 Å². The summed E-state index contributed by atoms with van der Waals surface area (Å²) >= 11 is 0. The first-order chi connectivity index (χ1) is 9.06. The van der Waals surface area contributed by atoms with Crippen molar-refractivity contribution in [2.24, 2.45) is 5.73 Å². The number of nitrogens with zero attached hydrogens (tertiary/aromatic N) is 1. The average molecular weight is 276 g/mol. The molecule has 6 heteroatoms. The van der Waals surface area contributed by atoms with Gasteiger partial charge in [0.1, 0.15) is 5.56 Å². The van der Waals surface area contributed by atoms with Crippen LogP contribution in [0.1, 0.15) is 26.3 Å². The van der Waals surface area contributed by atoms with Gasteiger partial charge >= 0.3 is 5.97 Å². The largest absolute Gasteiger partial charge is 1.00 e. The smallest absolute Gasteiger partial charge is 0.341 e. The zero-order valence-electron chi connectivity index (χ0n) is 10.5. The Morgan fingerprint density at radius 1 is 1.15 bits per heavy atom. The summed E-state index contributed by atoms with van der Waals surface area (Å²) in [6.07, 6.45) is 3.31. The van der Waals surface area contributed by atoms with Crippen LogP contribution in [0.15, 0.2) is 48.8 Å². The van der Waals surface area contributed by atoms with Crippen LogP contribution >= 0.6 is 0 Å². The van der Waals surface area contributed by atoms with E-state index in [-0.39, 0.29) is 10.3 Å². The first-order valence-electron chi connectivity index (χ1n) is 5.67. The van der Waals surface area contributed by atoms with Crippen LogP contribution in [0, 0.1) is 0 Å². The zero-order chi connectivity index (χ0) is 13.8. The third kappa shape index (κ3) is 3.61. The molecule has 2 rings (SSSR count). The number of pyridine rings is 1. The van der Waals surface area contributed by atoms with Crippen LogP contribution in [0.3, 0.4) is 0 Å². The molecule has 0 unspecified atom stereocenters. The van der Waals surface area contributed by atoms with E-state index in [1.54, 1.807) is 41.2 Å². The lowest BCUT2D eigenvalue weighted by molar-refractivity contribution is -0.688. The van der Waals surface area contributed by atoms with Gasteiger partial charge in [-0.2, -0.15) is 4.57 Å². The predicted molar refractivity (Wildman–Crippen MR) is 67.7 cm³/mol. The van der Waals surface area contributed by atoms with Gasteiger partial charge in [-0.3, -0.25) is 4.79 Å². The number of amides is 1. The Hall–Kier alpha value is -2.76. The Bertz CT molecular complexity index is 588. The molecule has 1 amide bonds. The van der Waals surface area contributed by atoms with Crippen LogP contribution in [-0.2, 0) is 6.54 Å². The number of hydrogen-bond acceptors (Lipinski definition) is 2. The first kappa shape index (κ1) is 15.3. The summed E-state index contributed by atoms with van der Waals surface area (Å²) in [4.78, 5) is 22.0. The standard InChI is InChI=1S/C14H12N2O3.FH/c15-13(17)11-4-1-3-10(7-11)8-16-6-2-5-12(9-16)14(18)19;/h1-7,9H,8H2,(H2-,15,17,18,19);1H. The molecule has 0 aliphatic heterocycles. The quantitative estimate of drug-likeness (QED) is 0.623. The summed E-state index contributed by atoms with van der Waals surface area (Å²) in [5, 5.41) is 8.92. The van der Waals surface area contributed by atoms with Crippen molar-refractivity contribution < 1.29 is 24.0 Å². The molecule has 3 N–H and O–H groups in total. The fourth-order valence-corrected chi connectivity index (χ4v) is 1.78. The van der Waals surface area contributed by atoms with Crippen molar-refractivity contribution >= 4 is 11.9 Å². The van der Waals surface area contributed by atoms with Crippen molar-refractivity contribution in [3.63, 3.8) is 0 Å². The number of carboxylic acids is 1. The minimum Gasteiger partial charge on any atom is -1.00 e. The Morgan fingerprint density at radius 3 is 2.50 bits per heavy atom. The number of aromatic nitrogens is 1. The molecule has 0 saturated carbocycles. The van der Waals surface area contributed by atoms with Gasteiger partial charge in [0.05, 0.1) is 0 Å². The Labute approximate surface area is 114 Å². The summed E-state index contributed by atoms with van der Waals surface area (Å²) < 4.78 is 1.74. The van der Waals surface area contributed by atoms with E-state index in [0.29, 0.717) is 12.1 Å². The van der Waals surface area contributed by atoms with Crippen molar-refractivity contribution in [3.05, 3.63) is 65.5 Å². The molecule has 1 heterocycles. The van der Waals surface area contributed by atoms with Gasteiger partial charge in [0.15, 0.2) is 18.9 Å². The Balaban J connectivity index is 0.00000200. The van der Waals surface area contributed by atoms with Crippen molar-refractivity contribution in [3.8, 4) is 0 Å². The topological polar surface area (TPSA) is 84.3 Å². The number of nitrogens with two attached hydrogens (primary N) is 1. The van der Waals surface area contributed by atoms with Crippen LogP contribution in [0.4, 0.5) is 0 Å². The molecule has 104 valence electrons. The first-order valence-corrected chi connectivity index (χ1v) is 5.67. The minimum absolute atomic E-state index is 0. The number of carbonyl (C=O) groups excluding carboxylic acids is 1. The SMILES string of the molecule is NC(=O)c1cccc(C[n+]2cccc(C(=O)O)c2)c1.[F-]. The molecule has 2 aromatic rings. The second-order valence-electron chi connectivity index (χ2n) is 4.13.